The second-order valence-corrected chi connectivity index (χ2v) is 8.78. The van der Waals surface area contributed by atoms with Gasteiger partial charge in [0.05, 0.1) is 0 Å². The van der Waals surface area contributed by atoms with Crippen molar-refractivity contribution in [3.63, 3.8) is 0 Å². The highest BCUT2D eigenvalue weighted by molar-refractivity contribution is 5.04. The molecule has 0 amide bonds. The Morgan fingerprint density at radius 2 is 1.21 bits per heavy atom. The first-order chi connectivity index (χ1) is 9.16. The maximum absolute atomic E-state index is 2.59. The van der Waals surface area contributed by atoms with Crippen LogP contribution in [0.5, 0.6) is 0 Å². The van der Waals surface area contributed by atoms with Crippen LogP contribution in [-0.2, 0) is 0 Å². The highest BCUT2D eigenvalue weighted by atomic mass is 14.6. The number of hydrogen-bond acceptors (Lipinski definition) is 0. The summed E-state index contributed by atoms with van der Waals surface area (Å²) >= 11 is 0. The van der Waals surface area contributed by atoms with Crippen molar-refractivity contribution in [2.24, 2.45) is 53.3 Å². The molecule has 0 heteroatoms. The summed E-state index contributed by atoms with van der Waals surface area (Å²) in [6.07, 6.45) is 11.0. The van der Waals surface area contributed by atoms with Gasteiger partial charge in [0.25, 0.3) is 0 Å². The molecule has 4 aliphatic rings. The SMILES string of the molecule is CC1CC2CCC3C(C)CCC4CCC(C1C)C2C43. The van der Waals surface area contributed by atoms with Crippen molar-refractivity contribution >= 4 is 0 Å². The summed E-state index contributed by atoms with van der Waals surface area (Å²) < 4.78 is 0. The Labute approximate surface area is 119 Å². The van der Waals surface area contributed by atoms with E-state index in [2.05, 4.69) is 20.8 Å². The van der Waals surface area contributed by atoms with Gasteiger partial charge < -0.3 is 0 Å². The van der Waals surface area contributed by atoms with Crippen LogP contribution < -0.4 is 0 Å². The van der Waals surface area contributed by atoms with E-state index >= 15 is 0 Å². The maximum Gasteiger partial charge on any atom is -0.0321 e. The Bertz CT molecular complexity index is 346. The first-order valence-electron chi connectivity index (χ1n) is 9.16. The second kappa shape index (κ2) is 4.50. The third-order valence-corrected chi connectivity index (χ3v) is 8.23. The van der Waals surface area contributed by atoms with Gasteiger partial charge in [0.1, 0.15) is 0 Å². The summed E-state index contributed by atoms with van der Waals surface area (Å²) in [4.78, 5) is 0. The molecule has 4 aliphatic carbocycles. The van der Waals surface area contributed by atoms with Crippen LogP contribution >= 0.6 is 0 Å². The monoisotopic (exact) mass is 260 g/mol. The van der Waals surface area contributed by atoms with Gasteiger partial charge in [-0.3, -0.25) is 0 Å². The highest BCUT2D eigenvalue weighted by Crippen LogP contribution is 2.62. The van der Waals surface area contributed by atoms with Gasteiger partial charge in [-0.2, -0.15) is 0 Å². The molecule has 0 bridgehead atoms. The average molecular weight is 260 g/mol. The molecule has 0 N–H and O–H groups in total. The van der Waals surface area contributed by atoms with Crippen LogP contribution in [0.3, 0.4) is 0 Å². The Morgan fingerprint density at radius 3 is 2.05 bits per heavy atom. The van der Waals surface area contributed by atoms with E-state index in [1.165, 1.54) is 0 Å². The summed E-state index contributed by atoms with van der Waals surface area (Å²) in [6.45, 7) is 7.70. The van der Waals surface area contributed by atoms with Crippen LogP contribution in [0.25, 0.3) is 0 Å². The van der Waals surface area contributed by atoms with E-state index in [0.29, 0.717) is 0 Å². The lowest BCUT2D eigenvalue weighted by molar-refractivity contribution is -0.121. The van der Waals surface area contributed by atoms with Gasteiger partial charge in [-0.05, 0) is 91.8 Å². The summed E-state index contributed by atoms with van der Waals surface area (Å²) in [7, 11) is 0. The predicted molar refractivity (Wildman–Crippen MR) is 80.8 cm³/mol. The van der Waals surface area contributed by atoms with Crippen LogP contribution in [0, 0.1) is 53.3 Å². The molecule has 0 heterocycles. The van der Waals surface area contributed by atoms with Gasteiger partial charge in [-0.15, -0.1) is 0 Å². The molecule has 19 heavy (non-hydrogen) atoms. The van der Waals surface area contributed by atoms with Gasteiger partial charge >= 0.3 is 0 Å². The fraction of sp³-hybridized carbons (Fsp3) is 1.00. The zero-order valence-electron chi connectivity index (χ0n) is 13.1. The zero-order chi connectivity index (χ0) is 13.1. The molecule has 0 aliphatic heterocycles. The van der Waals surface area contributed by atoms with Crippen LogP contribution in [0.1, 0.15) is 65.7 Å². The summed E-state index contributed by atoms with van der Waals surface area (Å²) in [5, 5.41) is 0. The summed E-state index contributed by atoms with van der Waals surface area (Å²) in [5.74, 6) is 9.81. The van der Waals surface area contributed by atoms with E-state index in [1.807, 2.05) is 0 Å². The minimum Gasteiger partial charge on any atom is -0.0622 e. The molecule has 108 valence electrons. The van der Waals surface area contributed by atoms with Crippen molar-refractivity contribution in [1.29, 1.82) is 0 Å². The average Bonchev–Trinajstić information content (AvgIpc) is 2.42. The third-order valence-electron chi connectivity index (χ3n) is 8.23. The lowest BCUT2D eigenvalue weighted by Crippen LogP contribution is -2.54. The van der Waals surface area contributed by atoms with E-state index in [9.17, 15) is 0 Å². The highest BCUT2D eigenvalue weighted by Gasteiger charge is 2.55. The zero-order valence-corrected chi connectivity index (χ0v) is 13.1. The topological polar surface area (TPSA) is 0 Å². The fourth-order valence-electron chi connectivity index (χ4n) is 7.18. The molecule has 0 nitrogen and oxygen atoms in total. The predicted octanol–water partition coefficient (Wildman–Crippen LogP) is 5.38. The first-order valence-corrected chi connectivity index (χ1v) is 9.16. The van der Waals surface area contributed by atoms with Crippen LogP contribution in [0.4, 0.5) is 0 Å². The molecule has 0 spiro atoms. The molecule has 4 rings (SSSR count). The smallest absolute Gasteiger partial charge is 0.0321 e. The number of hydrogen-bond donors (Lipinski definition) is 0. The van der Waals surface area contributed by atoms with Crippen molar-refractivity contribution in [2.45, 2.75) is 65.7 Å². The Morgan fingerprint density at radius 1 is 0.579 bits per heavy atom. The summed E-state index contributed by atoms with van der Waals surface area (Å²) in [5.41, 5.74) is 0. The molecule has 9 unspecified atom stereocenters. The molecule has 0 aromatic heterocycles. The van der Waals surface area contributed by atoms with E-state index in [4.69, 9.17) is 0 Å². The summed E-state index contributed by atoms with van der Waals surface area (Å²) in [6, 6.07) is 0. The van der Waals surface area contributed by atoms with E-state index in [0.717, 1.165) is 53.3 Å². The van der Waals surface area contributed by atoms with Crippen molar-refractivity contribution in [3.05, 3.63) is 0 Å². The van der Waals surface area contributed by atoms with Crippen LogP contribution in [0.2, 0.25) is 0 Å². The van der Waals surface area contributed by atoms with Crippen LogP contribution in [-0.4, -0.2) is 0 Å². The second-order valence-electron chi connectivity index (χ2n) is 8.78. The van der Waals surface area contributed by atoms with Gasteiger partial charge in [0.2, 0.25) is 0 Å². The van der Waals surface area contributed by atoms with E-state index in [-0.39, 0.29) is 0 Å². The maximum atomic E-state index is 2.59. The molecular formula is C19H32. The minimum absolute atomic E-state index is 1.00. The van der Waals surface area contributed by atoms with Gasteiger partial charge in [-0.25, -0.2) is 0 Å². The molecule has 4 saturated carbocycles. The van der Waals surface area contributed by atoms with E-state index in [1.54, 1.807) is 44.9 Å². The quantitative estimate of drug-likeness (QED) is 0.549. The van der Waals surface area contributed by atoms with Crippen LogP contribution in [0.15, 0.2) is 0 Å². The van der Waals surface area contributed by atoms with E-state index < -0.39 is 0 Å². The van der Waals surface area contributed by atoms with Gasteiger partial charge in [0, 0.05) is 0 Å². The van der Waals surface area contributed by atoms with Gasteiger partial charge in [-0.1, -0.05) is 27.2 Å². The Kier molecular flexibility index (Phi) is 3.01. The van der Waals surface area contributed by atoms with Crippen molar-refractivity contribution in [1.82, 2.24) is 0 Å². The molecule has 9 atom stereocenters. The Balaban J connectivity index is 1.68. The molecular weight excluding hydrogens is 228 g/mol. The molecule has 0 radical (unpaired) electrons. The van der Waals surface area contributed by atoms with Crippen molar-refractivity contribution in [3.8, 4) is 0 Å². The molecule has 0 aromatic carbocycles. The fourth-order valence-corrected chi connectivity index (χ4v) is 7.18. The molecule has 0 aromatic rings. The van der Waals surface area contributed by atoms with Crippen molar-refractivity contribution < 1.29 is 0 Å². The standard InChI is InChI=1S/C19H32/c1-11-4-5-14-6-9-17-13(3)12(2)10-15-7-8-16(11)18(14)19(15)17/h11-19H,4-10H2,1-3H3. The minimum atomic E-state index is 1.00. The normalized spacial score (nSPS) is 60.5. The number of rotatable bonds is 0. The molecule has 0 saturated heterocycles. The lowest BCUT2D eigenvalue weighted by Gasteiger charge is -2.61. The molecule has 4 fully saturated rings. The third kappa shape index (κ3) is 1.77. The Hall–Kier alpha value is 0. The largest absolute Gasteiger partial charge is 0.0622 e. The lowest BCUT2D eigenvalue weighted by atomic mass is 9.44. The first kappa shape index (κ1) is 12.7. The van der Waals surface area contributed by atoms with Crippen molar-refractivity contribution in [2.75, 3.05) is 0 Å². The van der Waals surface area contributed by atoms with Gasteiger partial charge in [0.15, 0.2) is 0 Å².